The van der Waals surface area contributed by atoms with Gasteiger partial charge in [-0.2, -0.15) is 0 Å². The number of aryl methyl sites for hydroxylation is 2. The average Bonchev–Trinajstić information content (AvgIpc) is 3.00. The molecule has 5 nitrogen and oxygen atoms in total. The molecule has 31 heavy (non-hydrogen) atoms. The highest BCUT2D eigenvalue weighted by atomic mass is 16.2. The Morgan fingerprint density at radius 2 is 1.90 bits per heavy atom. The van der Waals surface area contributed by atoms with Crippen LogP contribution in [0.2, 0.25) is 0 Å². The van der Waals surface area contributed by atoms with Gasteiger partial charge in [0, 0.05) is 37.3 Å². The molecule has 0 saturated heterocycles. The molecule has 1 N–H and O–H groups in total. The summed E-state index contributed by atoms with van der Waals surface area (Å²) >= 11 is 0. The van der Waals surface area contributed by atoms with E-state index in [1.54, 1.807) is 4.90 Å². The van der Waals surface area contributed by atoms with Crippen LogP contribution in [-0.4, -0.2) is 39.2 Å². The number of nitrogens with zero attached hydrogens (tertiary/aromatic N) is 3. The van der Waals surface area contributed by atoms with Gasteiger partial charge in [-0.15, -0.1) is 0 Å². The Morgan fingerprint density at radius 3 is 2.55 bits per heavy atom. The minimum Gasteiger partial charge on any atom is -0.339 e. The molecule has 1 aliphatic carbocycles. The lowest BCUT2D eigenvalue weighted by molar-refractivity contribution is 0.0746. The molecule has 1 aromatic heterocycles. The van der Waals surface area contributed by atoms with Crippen LogP contribution in [0, 0.1) is 25.2 Å². The summed E-state index contributed by atoms with van der Waals surface area (Å²) in [6.07, 6.45) is 4.17. The third-order valence-electron chi connectivity index (χ3n) is 6.73. The molecule has 1 heterocycles. The van der Waals surface area contributed by atoms with Crippen LogP contribution >= 0.6 is 0 Å². The maximum atomic E-state index is 13.0. The van der Waals surface area contributed by atoms with Gasteiger partial charge >= 0.3 is 0 Å². The number of imidazole rings is 1. The SMILES string of the molecule is Cc1ccc2nc(C)n(Cc3ccc(C(=O)N(C)[C@H](C)CC(=N)C4CCC4)cc3)c2c1. The molecular weight excluding hydrogens is 384 g/mol. The molecule has 1 aliphatic rings. The van der Waals surface area contributed by atoms with Crippen molar-refractivity contribution in [3.05, 3.63) is 65.0 Å². The van der Waals surface area contributed by atoms with E-state index in [-0.39, 0.29) is 11.9 Å². The van der Waals surface area contributed by atoms with Crippen LogP contribution in [0.4, 0.5) is 0 Å². The van der Waals surface area contributed by atoms with E-state index in [0.717, 1.165) is 47.5 Å². The van der Waals surface area contributed by atoms with Gasteiger partial charge in [-0.1, -0.05) is 24.6 Å². The number of hydrogen-bond acceptors (Lipinski definition) is 3. The number of nitrogens with one attached hydrogen (secondary N) is 1. The van der Waals surface area contributed by atoms with Crippen molar-refractivity contribution in [3.63, 3.8) is 0 Å². The summed E-state index contributed by atoms with van der Waals surface area (Å²) < 4.78 is 2.22. The Morgan fingerprint density at radius 1 is 1.19 bits per heavy atom. The number of benzene rings is 2. The standard InChI is InChI=1S/C26H32N4O/c1-17-8-13-24-25(14-17)30(19(3)28-24)16-20-9-11-22(12-10-20)26(31)29(4)18(2)15-23(27)21-6-5-7-21/h8-14,18,21,27H,5-7,15-16H2,1-4H3/t18-/m1/s1. The van der Waals surface area contributed by atoms with Gasteiger partial charge in [0.05, 0.1) is 11.0 Å². The van der Waals surface area contributed by atoms with Crippen molar-refractivity contribution >= 4 is 22.7 Å². The molecule has 3 aromatic rings. The monoisotopic (exact) mass is 416 g/mol. The summed E-state index contributed by atoms with van der Waals surface area (Å²) in [6.45, 7) is 6.89. The zero-order chi connectivity index (χ0) is 22.1. The van der Waals surface area contributed by atoms with E-state index in [4.69, 9.17) is 5.41 Å². The molecule has 1 atom stereocenters. The third-order valence-corrected chi connectivity index (χ3v) is 6.73. The molecule has 2 aromatic carbocycles. The van der Waals surface area contributed by atoms with Gasteiger partial charge in [-0.05, 0) is 74.9 Å². The molecule has 1 amide bonds. The Labute approximate surface area is 184 Å². The molecule has 0 bridgehead atoms. The van der Waals surface area contributed by atoms with Crippen molar-refractivity contribution in [2.75, 3.05) is 7.05 Å². The molecule has 1 saturated carbocycles. The molecule has 1 fully saturated rings. The molecule has 4 rings (SSSR count). The zero-order valence-corrected chi connectivity index (χ0v) is 19.0. The van der Waals surface area contributed by atoms with Crippen molar-refractivity contribution in [1.29, 1.82) is 5.41 Å². The largest absolute Gasteiger partial charge is 0.339 e. The summed E-state index contributed by atoms with van der Waals surface area (Å²) in [6, 6.07) is 14.2. The van der Waals surface area contributed by atoms with Gasteiger partial charge in [0.1, 0.15) is 5.82 Å². The van der Waals surface area contributed by atoms with Crippen molar-refractivity contribution in [3.8, 4) is 0 Å². The normalized spacial score (nSPS) is 15.0. The van der Waals surface area contributed by atoms with Crippen LogP contribution < -0.4 is 0 Å². The lowest BCUT2D eigenvalue weighted by Crippen LogP contribution is -2.38. The van der Waals surface area contributed by atoms with Crippen LogP contribution in [0.25, 0.3) is 11.0 Å². The molecule has 0 radical (unpaired) electrons. The number of amides is 1. The smallest absolute Gasteiger partial charge is 0.253 e. The maximum absolute atomic E-state index is 13.0. The predicted octanol–water partition coefficient (Wildman–Crippen LogP) is 5.37. The first-order valence-corrected chi connectivity index (χ1v) is 11.2. The zero-order valence-electron chi connectivity index (χ0n) is 19.0. The number of carbonyl (C=O) groups is 1. The molecule has 0 spiro atoms. The first-order chi connectivity index (χ1) is 14.8. The van der Waals surface area contributed by atoms with Crippen molar-refractivity contribution in [2.24, 2.45) is 5.92 Å². The van der Waals surface area contributed by atoms with Gasteiger partial charge in [0.25, 0.3) is 5.91 Å². The first-order valence-electron chi connectivity index (χ1n) is 11.2. The number of carbonyl (C=O) groups excluding carboxylic acids is 1. The first kappa shape index (κ1) is 21.3. The van der Waals surface area contributed by atoms with Crippen molar-refractivity contribution in [1.82, 2.24) is 14.5 Å². The number of aromatic nitrogens is 2. The van der Waals surface area contributed by atoms with Gasteiger partial charge in [0.15, 0.2) is 0 Å². The van der Waals surface area contributed by atoms with Crippen LogP contribution in [0.5, 0.6) is 0 Å². The summed E-state index contributed by atoms with van der Waals surface area (Å²) in [5.41, 5.74) is 6.00. The topological polar surface area (TPSA) is 62.0 Å². The molecular formula is C26H32N4O. The Balaban J connectivity index is 1.44. The third kappa shape index (κ3) is 4.41. The van der Waals surface area contributed by atoms with E-state index in [1.165, 1.54) is 12.0 Å². The van der Waals surface area contributed by atoms with E-state index in [9.17, 15) is 4.79 Å². The van der Waals surface area contributed by atoms with Gasteiger partial charge in [0.2, 0.25) is 0 Å². The second-order valence-electron chi connectivity index (χ2n) is 9.06. The van der Waals surface area contributed by atoms with Crippen molar-refractivity contribution in [2.45, 2.75) is 59.0 Å². The van der Waals surface area contributed by atoms with Crippen LogP contribution in [0.3, 0.4) is 0 Å². The van der Waals surface area contributed by atoms with E-state index in [0.29, 0.717) is 17.9 Å². The average molecular weight is 417 g/mol. The predicted molar refractivity (Wildman–Crippen MR) is 126 cm³/mol. The quantitative estimate of drug-likeness (QED) is 0.526. The lowest BCUT2D eigenvalue weighted by atomic mass is 9.80. The summed E-state index contributed by atoms with van der Waals surface area (Å²) in [7, 11) is 1.85. The molecule has 0 aliphatic heterocycles. The Hall–Kier alpha value is -2.95. The van der Waals surface area contributed by atoms with Gasteiger partial charge in [-0.3, -0.25) is 4.79 Å². The maximum Gasteiger partial charge on any atom is 0.253 e. The van der Waals surface area contributed by atoms with Crippen LogP contribution in [-0.2, 0) is 6.54 Å². The fourth-order valence-corrected chi connectivity index (χ4v) is 4.27. The summed E-state index contributed by atoms with van der Waals surface area (Å²) in [5.74, 6) is 1.44. The van der Waals surface area contributed by atoms with E-state index < -0.39 is 0 Å². The van der Waals surface area contributed by atoms with Crippen LogP contribution in [0.1, 0.15) is 59.9 Å². The molecule has 0 unspecified atom stereocenters. The minimum absolute atomic E-state index is 0.0142. The van der Waals surface area contributed by atoms with E-state index in [2.05, 4.69) is 34.7 Å². The highest BCUT2D eigenvalue weighted by Gasteiger charge is 2.25. The Kier molecular flexibility index (Phi) is 5.94. The second kappa shape index (κ2) is 8.66. The fourth-order valence-electron chi connectivity index (χ4n) is 4.27. The Bertz CT molecular complexity index is 1110. The lowest BCUT2D eigenvalue weighted by Gasteiger charge is -2.31. The van der Waals surface area contributed by atoms with Crippen molar-refractivity contribution < 1.29 is 4.79 Å². The highest BCUT2D eigenvalue weighted by Crippen LogP contribution is 2.29. The van der Waals surface area contributed by atoms with Crippen LogP contribution in [0.15, 0.2) is 42.5 Å². The fraction of sp³-hybridized carbons (Fsp3) is 0.423. The summed E-state index contributed by atoms with van der Waals surface area (Å²) in [4.78, 5) is 19.4. The molecule has 5 heteroatoms. The van der Waals surface area contributed by atoms with Gasteiger partial charge in [-0.25, -0.2) is 4.98 Å². The minimum atomic E-state index is 0.0142. The summed E-state index contributed by atoms with van der Waals surface area (Å²) in [5, 5.41) is 8.28. The van der Waals surface area contributed by atoms with E-state index in [1.807, 2.05) is 45.2 Å². The number of fused-ring (bicyclic) bond motifs is 1. The van der Waals surface area contributed by atoms with E-state index >= 15 is 0 Å². The number of hydrogen-bond donors (Lipinski definition) is 1. The second-order valence-corrected chi connectivity index (χ2v) is 9.06. The molecule has 162 valence electrons. The number of rotatable bonds is 7. The highest BCUT2D eigenvalue weighted by molar-refractivity contribution is 5.95. The van der Waals surface area contributed by atoms with Gasteiger partial charge < -0.3 is 14.9 Å².